The number of anilines is 2. The maximum atomic E-state index is 13.7. The number of amides is 3. The zero-order valence-corrected chi connectivity index (χ0v) is 24.9. The molecule has 3 aliphatic heterocycles. The van der Waals surface area contributed by atoms with Crippen LogP contribution >= 0.6 is 0 Å². The van der Waals surface area contributed by atoms with Crippen LogP contribution in [0.25, 0.3) is 0 Å². The van der Waals surface area contributed by atoms with Gasteiger partial charge in [-0.1, -0.05) is 17.7 Å². The third-order valence-corrected chi connectivity index (χ3v) is 9.38. The molecular formula is C33H41FN6O2. The highest BCUT2D eigenvalue weighted by molar-refractivity contribution is 6.01. The highest BCUT2D eigenvalue weighted by atomic mass is 19.1. The van der Waals surface area contributed by atoms with Gasteiger partial charge in [-0.05, 0) is 82.3 Å². The van der Waals surface area contributed by atoms with E-state index in [9.17, 15) is 14.0 Å². The van der Waals surface area contributed by atoms with E-state index in [1.165, 1.54) is 30.7 Å². The summed E-state index contributed by atoms with van der Waals surface area (Å²) in [5.41, 5.74) is 4.94. The predicted molar refractivity (Wildman–Crippen MR) is 162 cm³/mol. The minimum atomic E-state index is -0.317. The summed E-state index contributed by atoms with van der Waals surface area (Å²) in [6.45, 7) is 8.61. The van der Waals surface area contributed by atoms with Crippen LogP contribution in [0.5, 0.6) is 0 Å². The minimum Gasteiger partial charge on any atom is -0.337 e. The fraction of sp³-hybridized carbons (Fsp3) is 0.485. The van der Waals surface area contributed by atoms with Gasteiger partial charge in [0.05, 0.1) is 12.2 Å². The molecule has 0 spiro atoms. The largest absolute Gasteiger partial charge is 0.337 e. The number of aryl methyl sites for hydroxylation is 2. The molecule has 3 atom stereocenters. The Morgan fingerprint density at radius 1 is 1.00 bits per heavy atom. The van der Waals surface area contributed by atoms with Gasteiger partial charge in [-0.25, -0.2) is 14.2 Å². The van der Waals surface area contributed by atoms with Gasteiger partial charge in [-0.15, -0.1) is 0 Å². The fourth-order valence-corrected chi connectivity index (χ4v) is 7.32. The lowest BCUT2D eigenvalue weighted by Crippen LogP contribution is -2.45. The van der Waals surface area contributed by atoms with Gasteiger partial charge in [-0.3, -0.25) is 14.6 Å². The Hall–Kier alpha value is -3.72. The molecule has 3 amide bonds. The zero-order chi connectivity index (χ0) is 29.4. The Kier molecular flexibility index (Phi) is 8.03. The van der Waals surface area contributed by atoms with Gasteiger partial charge in [0.1, 0.15) is 11.6 Å². The first-order valence-corrected chi connectivity index (χ1v) is 15.3. The van der Waals surface area contributed by atoms with Gasteiger partial charge in [-0.2, -0.15) is 0 Å². The maximum Gasteiger partial charge on any atom is 0.326 e. The van der Waals surface area contributed by atoms with E-state index in [2.05, 4.69) is 21.7 Å². The summed E-state index contributed by atoms with van der Waals surface area (Å²) in [5, 5.41) is 3.01. The van der Waals surface area contributed by atoms with E-state index in [-0.39, 0.29) is 17.8 Å². The minimum absolute atomic E-state index is 0.116. The molecule has 6 rings (SSSR count). The van der Waals surface area contributed by atoms with Crippen LogP contribution in [0.1, 0.15) is 67.8 Å². The molecule has 3 aromatic rings. The van der Waals surface area contributed by atoms with Crippen LogP contribution in [0.3, 0.4) is 0 Å². The molecule has 0 unspecified atom stereocenters. The Bertz CT molecular complexity index is 1420. The number of benzene rings is 2. The summed E-state index contributed by atoms with van der Waals surface area (Å²) in [4.78, 5) is 36.5. The molecule has 222 valence electrons. The number of imidazole rings is 1. The number of nitrogens with zero attached hydrogens (tertiary/aromatic N) is 5. The second-order valence-corrected chi connectivity index (χ2v) is 12.1. The molecule has 2 fully saturated rings. The van der Waals surface area contributed by atoms with E-state index < -0.39 is 0 Å². The number of carbonyl (C=O) groups is 2. The predicted octanol–water partition coefficient (Wildman–Crippen LogP) is 5.84. The Balaban J connectivity index is 1.10. The van der Waals surface area contributed by atoms with E-state index >= 15 is 0 Å². The lowest BCUT2D eigenvalue weighted by atomic mass is 9.95. The third kappa shape index (κ3) is 5.79. The summed E-state index contributed by atoms with van der Waals surface area (Å²) in [6, 6.07) is 15.2. The van der Waals surface area contributed by atoms with Crippen LogP contribution in [-0.2, 0) is 17.8 Å². The summed E-state index contributed by atoms with van der Waals surface area (Å²) in [7, 11) is 0. The molecule has 0 aliphatic carbocycles. The lowest BCUT2D eigenvalue weighted by Gasteiger charge is -2.41. The summed E-state index contributed by atoms with van der Waals surface area (Å²) in [5.74, 6) is 0.866. The first kappa shape index (κ1) is 28.4. The van der Waals surface area contributed by atoms with Gasteiger partial charge in [0.2, 0.25) is 5.91 Å². The van der Waals surface area contributed by atoms with Crippen LogP contribution in [-0.4, -0.2) is 63.0 Å². The molecule has 0 saturated carbocycles. The van der Waals surface area contributed by atoms with Crippen molar-refractivity contribution in [1.82, 2.24) is 19.4 Å². The van der Waals surface area contributed by atoms with Crippen LogP contribution in [0.4, 0.5) is 20.6 Å². The molecule has 42 heavy (non-hydrogen) atoms. The number of rotatable bonds is 7. The average molecular weight is 573 g/mol. The second kappa shape index (κ2) is 11.9. The first-order valence-electron chi connectivity index (χ1n) is 15.3. The van der Waals surface area contributed by atoms with Gasteiger partial charge < -0.3 is 14.8 Å². The van der Waals surface area contributed by atoms with Crippen LogP contribution in [0.2, 0.25) is 0 Å². The highest BCUT2D eigenvalue weighted by Gasteiger charge is 2.42. The smallest absolute Gasteiger partial charge is 0.326 e. The number of aromatic nitrogens is 2. The molecule has 2 saturated heterocycles. The molecule has 2 bridgehead atoms. The van der Waals surface area contributed by atoms with E-state index in [1.807, 2.05) is 36.1 Å². The Morgan fingerprint density at radius 2 is 1.69 bits per heavy atom. The molecule has 1 aromatic heterocycles. The van der Waals surface area contributed by atoms with E-state index in [4.69, 9.17) is 4.98 Å². The van der Waals surface area contributed by atoms with Crippen molar-refractivity contribution in [1.29, 1.82) is 0 Å². The van der Waals surface area contributed by atoms with Crippen molar-refractivity contribution >= 4 is 23.3 Å². The molecule has 2 aromatic carbocycles. The van der Waals surface area contributed by atoms with Crippen LogP contribution < -0.4 is 10.2 Å². The number of fused-ring (bicyclic) bond motifs is 3. The lowest BCUT2D eigenvalue weighted by molar-refractivity contribution is -0.129. The van der Waals surface area contributed by atoms with Gasteiger partial charge in [0.15, 0.2) is 0 Å². The van der Waals surface area contributed by atoms with Crippen molar-refractivity contribution in [2.24, 2.45) is 0 Å². The normalized spacial score (nSPS) is 21.7. The average Bonchev–Trinajstić information content (AvgIpc) is 3.42. The summed E-state index contributed by atoms with van der Waals surface area (Å²) >= 11 is 0. The van der Waals surface area contributed by atoms with E-state index in [0.29, 0.717) is 36.9 Å². The Labute approximate surface area is 247 Å². The number of hydrogen-bond donors (Lipinski definition) is 1. The number of halogens is 1. The SMILES string of the molecule is CC(=O)N1CCc2c(nc(C)n2[C@H]2C[C@H]3CC[C@@H](C2)N3CCCN(C(=O)Nc2ccc(C)cc2)c2ccc(F)cc2)C1. The standard InChI is InChI=1S/C33H41FN6O2/c1-22-5-9-26(10-6-22)36-33(42)39(27-11-7-25(34)8-12-27)17-4-16-38-28-13-14-29(38)20-30(19-28)40-23(2)35-31-21-37(24(3)41)18-15-32(31)40/h5-12,28-30H,4,13-21H2,1-3H3,(H,36,42)/t28-,29+,30+. The molecule has 4 heterocycles. The fourth-order valence-electron chi connectivity index (χ4n) is 7.32. The molecule has 0 radical (unpaired) electrons. The maximum absolute atomic E-state index is 13.7. The van der Waals surface area contributed by atoms with Crippen molar-refractivity contribution in [2.75, 3.05) is 29.9 Å². The monoisotopic (exact) mass is 572 g/mol. The van der Waals surface area contributed by atoms with Gasteiger partial charge in [0.25, 0.3) is 0 Å². The van der Waals surface area contributed by atoms with E-state index in [1.54, 1.807) is 24.0 Å². The number of hydrogen-bond acceptors (Lipinski definition) is 4. The topological polar surface area (TPSA) is 73.7 Å². The number of urea groups is 1. The quantitative estimate of drug-likeness (QED) is 0.386. The third-order valence-electron chi connectivity index (χ3n) is 9.38. The van der Waals surface area contributed by atoms with Crippen molar-refractivity contribution in [2.45, 2.75) is 84.0 Å². The summed E-state index contributed by atoms with van der Waals surface area (Å²) < 4.78 is 16.2. The zero-order valence-electron chi connectivity index (χ0n) is 24.9. The number of piperidine rings is 1. The number of nitrogens with one attached hydrogen (secondary N) is 1. The van der Waals surface area contributed by atoms with Crippen LogP contribution in [0, 0.1) is 19.7 Å². The van der Waals surface area contributed by atoms with Crippen molar-refractivity contribution in [3.05, 3.63) is 77.1 Å². The first-order chi connectivity index (χ1) is 20.3. The Morgan fingerprint density at radius 3 is 2.36 bits per heavy atom. The molecular weight excluding hydrogens is 531 g/mol. The van der Waals surface area contributed by atoms with Crippen molar-refractivity contribution < 1.29 is 14.0 Å². The highest BCUT2D eigenvalue weighted by Crippen LogP contribution is 2.42. The second-order valence-electron chi connectivity index (χ2n) is 12.1. The molecule has 3 aliphatic rings. The molecule has 1 N–H and O–H groups in total. The van der Waals surface area contributed by atoms with E-state index in [0.717, 1.165) is 61.5 Å². The molecule has 9 heteroatoms. The van der Waals surface area contributed by atoms with Gasteiger partial charge >= 0.3 is 6.03 Å². The van der Waals surface area contributed by atoms with Crippen LogP contribution in [0.15, 0.2) is 48.5 Å². The molecule has 8 nitrogen and oxygen atoms in total. The van der Waals surface area contributed by atoms with Crippen molar-refractivity contribution in [3.8, 4) is 0 Å². The summed E-state index contributed by atoms with van der Waals surface area (Å²) in [6.07, 6.45) is 6.31. The van der Waals surface area contributed by atoms with Gasteiger partial charge in [0, 0.05) is 68.2 Å². The van der Waals surface area contributed by atoms with Crippen molar-refractivity contribution in [3.63, 3.8) is 0 Å². The number of carbonyl (C=O) groups excluding carboxylic acids is 2.